The van der Waals surface area contributed by atoms with E-state index >= 15 is 0 Å². The number of hydrogen-bond acceptors (Lipinski definition) is 10. The zero-order chi connectivity index (χ0) is 22.3. The normalized spacial score (nSPS) is 11.1. The Kier molecular flexibility index (Phi) is 5.68. The topological polar surface area (TPSA) is 207 Å². The number of nitro groups is 4. The van der Waals surface area contributed by atoms with Gasteiger partial charge in [0.25, 0.3) is 22.7 Å². The van der Waals surface area contributed by atoms with E-state index in [0.717, 1.165) is 0 Å². The third kappa shape index (κ3) is 3.91. The number of nitrogens with zero attached hydrogens (tertiary/aromatic N) is 4. The van der Waals surface area contributed by atoms with Gasteiger partial charge in [-0.1, -0.05) is 23.2 Å². The molecule has 0 aliphatic heterocycles. The van der Waals surface area contributed by atoms with Gasteiger partial charge in [0.15, 0.2) is 10.0 Å². The molecule has 14 nitrogen and oxygen atoms in total. The number of benzene rings is 2. The van der Waals surface area contributed by atoms with Crippen LogP contribution >= 0.6 is 23.2 Å². The largest absolute Gasteiger partial charge is 0.296 e. The zero-order valence-corrected chi connectivity index (χ0v) is 15.7. The van der Waals surface area contributed by atoms with Crippen LogP contribution in [0.2, 0.25) is 10.0 Å². The summed E-state index contributed by atoms with van der Waals surface area (Å²) in [6.45, 7) is 0. The van der Waals surface area contributed by atoms with Crippen molar-refractivity contribution in [3.63, 3.8) is 0 Å². The molecule has 152 valence electrons. The average Bonchev–Trinajstić information content (AvgIpc) is 2.60. The van der Waals surface area contributed by atoms with Crippen molar-refractivity contribution in [1.29, 1.82) is 0 Å². The lowest BCUT2D eigenvalue weighted by Gasteiger charge is -2.07. The van der Waals surface area contributed by atoms with Crippen LogP contribution in [0, 0.1) is 40.5 Å². The molecule has 0 atom stereocenters. The van der Waals surface area contributed by atoms with Crippen molar-refractivity contribution >= 4 is 55.8 Å². The smallest absolute Gasteiger partial charge is 0.258 e. The summed E-state index contributed by atoms with van der Waals surface area (Å²) in [4.78, 5) is 37.4. The Bertz CT molecular complexity index is 1060. The van der Waals surface area contributed by atoms with Gasteiger partial charge < -0.3 is 0 Å². The number of nitro benzene ring substituents is 4. The van der Waals surface area contributed by atoms with Crippen LogP contribution in [0.5, 0.6) is 0 Å². The lowest BCUT2D eigenvalue weighted by molar-refractivity contribution is -0.394. The quantitative estimate of drug-likeness (QED) is 0.446. The van der Waals surface area contributed by atoms with Gasteiger partial charge in [-0.05, 0) is 0 Å². The molecule has 0 unspecified atom stereocenters. The average molecular weight is 467 g/mol. The van der Waals surface area contributed by atoms with E-state index in [1.807, 2.05) is 0 Å². The molecule has 0 spiro atoms. The van der Waals surface area contributed by atoms with Crippen LogP contribution in [0.4, 0.5) is 22.7 Å². The molecular formula is C12H4Cl2N4O10S. The van der Waals surface area contributed by atoms with Crippen LogP contribution in [-0.4, -0.2) is 28.1 Å². The van der Waals surface area contributed by atoms with Crippen LogP contribution in [0.1, 0.15) is 0 Å². The minimum atomic E-state index is -4.93. The molecule has 0 aromatic heterocycles. The lowest BCUT2D eigenvalue weighted by Crippen LogP contribution is -2.07. The monoisotopic (exact) mass is 466 g/mol. The van der Waals surface area contributed by atoms with E-state index in [0.29, 0.717) is 24.3 Å². The summed E-state index contributed by atoms with van der Waals surface area (Å²) >= 11 is 11.1. The summed E-state index contributed by atoms with van der Waals surface area (Å²) in [6.07, 6.45) is 0. The summed E-state index contributed by atoms with van der Waals surface area (Å²) in [5.41, 5.74) is -4.51. The van der Waals surface area contributed by atoms with Gasteiger partial charge in [-0.3, -0.25) is 40.5 Å². The van der Waals surface area contributed by atoms with Crippen LogP contribution < -0.4 is 0 Å². The molecule has 0 saturated heterocycles. The first-order chi connectivity index (χ1) is 13.3. The van der Waals surface area contributed by atoms with Gasteiger partial charge >= 0.3 is 0 Å². The fourth-order valence-electron chi connectivity index (χ4n) is 2.12. The highest BCUT2D eigenvalue weighted by Gasteiger charge is 2.34. The van der Waals surface area contributed by atoms with E-state index in [4.69, 9.17) is 23.2 Å². The summed E-state index contributed by atoms with van der Waals surface area (Å²) in [6, 6.07) is 1.54. The maximum Gasteiger partial charge on any atom is 0.296 e. The third-order valence-electron chi connectivity index (χ3n) is 3.42. The Hall–Kier alpha value is -3.43. The van der Waals surface area contributed by atoms with Gasteiger partial charge in [0.1, 0.15) is 0 Å². The summed E-state index contributed by atoms with van der Waals surface area (Å²) in [7, 11) is -4.93. The second kappa shape index (κ2) is 7.53. The molecule has 0 N–H and O–H groups in total. The predicted molar refractivity (Wildman–Crippen MR) is 95.0 cm³/mol. The molecule has 17 heteroatoms. The molecule has 0 saturated carbocycles. The number of rotatable bonds is 6. The SMILES string of the molecule is O=[N+]([O-])c1cc(S(=O)(=O)c2cc([N+](=O)[O-])c(Cl)c([N+](=O)[O-])c2)cc([N+](=O)[O-])c1Cl. The minimum Gasteiger partial charge on any atom is -0.258 e. The Morgan fingerprint density at radius 2 is 0.793 bits per heavy atom. The first kappa shape index (κ1) is 21.9. The van der Waals surface area contributed by atoms with Gasteiger partial charge in [-0.25, -0.2) is 8.42 Å². The van der Waals surface area contributed by atoms with Crippen molar-refractivity contribution in [2.45, 2.75) is 9.79 Å². The van der Waals surface area contributed by atoms with Crippen LogP contribution in [0.3, 0.4) is 0 Å². The van der Waals surface area contributed by atoms with E-state index in [1.54, 1.807) is 0 Å². The van der Waals surface area contributed by atoms with Crippen molar-refractivity contribution in [2.75, 3.05) is 0 Å². The standard InChI is InChI=1S/C12H4Cl2N4O10S/c13-11-7(15(19)20)1-5(2-8(11)16(21)22)29(27,28)6-3-9(17(23)24)12(14)10(4-6)18(25)26/h1-4H. The lowest BCUT2D eigenvalue weighted by atomic mass is 10.3. The highest BCUT2D eigenvalue weighted by Crippen LogP contribution is 2.41. The van der Waals surface area contributed by atoms with Crippen LogP contribution in [-0.2, 0) is 9.84 Å². The number of hydrogen-bond donors (Lipinski definition) is 0. The maximum absolute atomic E-state index is 12.8. The molecular weight excluding hydrogens is 463 g/mol. The molecule has 2 aromatic rings. The number of sulfone groups is 1. The molecule has 0 amide bonds. The fraction of sp³-hybridized carbons (Fsp3) is 0. The first-order valence-corrected chi connectivity index (χ1v) is 9.02. The van der Waals surface area contributed by atoms with E-state index in [1.165, 1.54) is 0 Å². The van der Waals surface area contributed by atoms with Crippen LogP contribution in [0.15, 0.2) is 34.1 Å². The Morgan fingerprint density at radius 1 is 0.586 bits per heavy atom. The molecule has 2 aromatic carbocycles. The molecule has 0 bridgehead atoms. The highest BCUT2D eigenvalue weighted by atomic mass is 35.5. The molecule has 0 heterocycles. The van der Waals surface area contributed by atoms with Crippen molar-refractivity contribution in [2.24, 2.45) is 0 Å². The van der Waals surface area contributed by atoms with E-state index in [-0.39, 0.29) is 0 Å². The van der Waals surface area contributed by atoms with Crippen molar-refractivity contribution in [1.82, 2.24) is 0 Å². The third-order valence-corrected chi connectivity index (χ3v) is 5.91. The van der Waals surface area contributed by atoms with E-state index in [9.17, 15) is 48.9 Å². The molecule has 0 fully saturated rings. The molecule has 0 aliphatic carbocycles. The van der Waals surface area contributed by atoms with Gasteiger partial charge in [0, 0.05) is 24.3 Å². The van der Waals surface area contributed by atoms with Gasteiger partial charge in [0.05, 0.1) is 29.5 Å². The van der Waals surface area contributed by atoms with Crippen molar-refractivity contribution < 1.29 is 28.1 Å². The van der Waals surface area contributed by atoms with Gasteiger partial charge in [0.2, 0.25) is 9.84 Å². The maximum atomic E-state index is 12.8. The first-order valence-electron chi connectivity index (χ1n) is 6.78. The van der Waals surface area contributed by atoms with Crippen molar-refractivity contribution in [3.8, 4) is 0 Å². The fourth-order valence-corrected chi connectivity index (χ4v) is 3.95. The second-order valence-electron chi connectivity index (χ2n) is 5.08. The van der Waals surface area contributed by atoms with E-state index < -0.39 is 72.1 Å². The molecule has 2 rings (SSSR count). The summed E-state index contributed by atoms with van der Waals surface area (Å²) in [5.74, 6) is 0. The summed E-state index contributed by atoms with van der Waals surface area (Å²) < 4.78 is 25.6. The predicted octanol–water partition coefficient (Wildman–Crippen LogP) is 3.46. The Labute approximate surface area is 168 Å². The molecule has 0 aliphatic rings. The second-order valence-corrected chi connectivity index (χ2v) is 7.79. The Morgan fingerprint density at radius 3 is 0.966 bits per heavy atom. The molecule has 29 heavy (non-hydrogen) atoms. The summed E-state index contributed by atoms with van der Waals surface area (Å²) in [5, 5.41) is 42.3. The number of halogens is 2. The highest BCUT2D eigenvalue weighted by molar-refractivity contribution is 7.91. The van der Waals surface area contributed by atoms with Crippen LogP contribution in [0.25, 0.3) is 0 Å². The molecule has 0 radical (unpaired) electrons. The van der Waals surface area contributed by atoms with E-state index in [2.05, 4.69) is 0 Å². The van der Waals surface area contributed by atoms with Gasteiger partial charge in [-0.2, -0.15) is 0 Å². The van der Waals surface area contributed by atoms with Gasteiger partial charge in [-0.15, -0.1) is 0 Å². The Balaban J connectivity index is 2.90. The van der Waals surface area contributed by atoms with Crippen molar-refractivity contribution in [3.05, 3.63) is 74.8 Å². The minimum absolute atomic E-state index is 0.386. The zero-order valence-electron chi connectivity index (χ0n) is 13.3.